The van der Waals surface area contributed by atoms with E-state index in [1.165, 1.54) is 0 Å². The number of benzene rings is 1. The fraction of sp³-hybridized carbons (Fsp3) is 0.333. The monoisotopic (exact) mass is 258 g/mol. The Morgan fingerprint density at radius 1 is 1.42 bits per heavy atom. The Kier molecular flexibility index (Phi) is 5.13. The molecule has 1 rings (SSSR count). The van der Waals surface area contributed by atoms with Crippen LogP contribution in [0.2, 0.25) is 0 Å². The third-order valence-corrected chi connectivity index (χ3v) is 1.99. The molecule has 0 saturated carbocycles. The molecular weight excluding hydrogens is 240 g/mol. The summed E-state index contributed by atoms with van der Waals surface area (Å²) < 4.78 is 5.22. The van der Waals surface area contributed by atoms with E-state index in [9.17, 15) is 4.79 Å². The van der Waals surface area contributed by atoms with Crippen LogP contribution in [-0.4, -0.2) is 29.5 Å². The molecule has 19 heavy (non-hydrogen) atoms. The van der Waals surface area contributed by atoms with Gasteiger partial charge in [-0.1, -0.05) is 36.3 Å². The van der Waals surface area contributed by atoms with Gasteiger partial charge in [0.15, 0.2) is 0 Å². The van der Waals surface area contributed by atoms with Crippen LogP contribution in [0.4, 0.5) is 4.79 Å². The molecule has 0 aliphatic heterocycles. The van der Waals surface area contributed by atoms with Gasteiger partial charge in [0.2, 0.25) is 0 Å². The maximum absolute atomic E-state index is 11.9. The van der Waals surface area contributed by atoms with Gasteiger partial charge in [0.1, 0.15) is 12.1 Å². The number of hydrogen-bond acceptors (Lipinski definition) is 3. The Balaban J connectivity index is 2.76. The van der Waals surface area contributed by atoms with E-state index >= 15 is 0 Å². The normalized spacial score (nSPS) is 11.1. The van der Waals surface area contributed by atoms with Gasteiger partial charge in [-0.15, -0.1) is 6.42 Å². The van der Waals surface area contributed by atoms with Crippen molar-refractivity contribution in [2.24, 2.45) is 5.10 Å². The third-order valence-electron chi connectivity index (χ3n) is 1.99. The standard InChI is InChI=1S/C15H18N2O2/c1-5-11-17(14(18)19-15(2,3)4)16-12-13-9-7-6-8-10-13/h1,6-10,12H,11H2,2-4H3/b16-12+. The van der Waals surface area contributed by atoms with Crippen molar-refractivity contribution in [2.45, 2.75) is 26.4 Å². The number of carbonyl (C=O) groups is 1. The maximum Gasteiger partial charge on any atom is 0.431 e. The summed E-state index contributed by atoms with van der Waals surface area (Å²) in [5.41, 5.74) is 0.305. The van der Waals surface area contributed by atoms with Crippen LogP contribution in [0, 0.1) is 12.3 Å². The number of hydrazone groups is 1. The molecule has 1 aromatic carbocycles. The van der Waals surface area contributed by atoms with Gasteiger partial charge in [-0.25, -0.2) is 4.79 Å². The van der Waals surface area contributed by atoms with Crippen molar-refractivity contribution < 1.29 is 9.53 Å². The highest BCUT2D eigenvalue weighted by Crippen LogP contribution is 2.10. The first-order valence-corrected chi connectivity index (χ1v) is 5.95. The van der Waals surface area contributed by atoms with Gasteiger partial charge < -0.3 is 4.74 Å². The molecule has 0 aliphatic rings. The third kappa shape index (κ3) is 5.73. The molecule has 0 saturated heterocycles. The lowest BCUT2D eigenvalue weighted by atomic mass is 10.2. The molecule has 0 aliphatic carbocycles. The van der Waals surface area contributed by atoms with Crippen molar-refractivity contribution in [1.29, 1.82) is 0 Å². The summed E-state index contributed by atoms with van der Waals surface area (Å²) in [4.78, 5) is 11.9. The fourth-order valence-corrected chi connectivity index (χ4v) is 1.23. The minimum Gasteiger partial charge on any atom is -0.442 e. The zero-order chi connectivity index (χ0) is 14.3. The molecule has 1 amide bonds. The summed E-state index contributed by atoms with van der Waals surface area (Å²) in [5, 5.41) is 5.18. The zero-order valence-electron chi connectivity index (χ0n) is 11.5. The quantitative estimate of drug-likeness (QED) is 0.475. The van der Waals surface area contributed by atoms with Crippen LogP contribution in [0.5, 0.6) is 0 Å². The lowest BCUT2D eigenvalue weighted by molar-refractivity contribution is 0.0281. The van der Waals surface area contributed by atoms with Gasteiger partial charge in [-0.2, -0.15) is 10.1 Å². The Morgan fingerprint density at radius 3 is 2.58 bits per heavy atom. The van der Waals surface area contributed by atoms with Crippen LogP contribution in [0.25, 0.3) is 0 Å². The minimum atomic E-state index is -0.577. The molecule has 0 atom stereocenters. The van der Waals surface area contributed by atoms with Crippen molar-refractivity contribution in [1.82, 2.24) is 5.01 Å². The van der Waals surface area contributed by atoms with E-state index in [4.69, 9.17) is 11.2 Å². The fourth-order valence-electron chi connectivity index (χ4n) is 1.23. The predicted octanol–water partition coefficient (Wildman–Crippen LogP) is 2.89. The highest BCUT2D eigenvalue weighted by molar-refractivity contribution is 5.80. The number of amides is 1. The van der Waals surface area contributed by atoms with Gasteiger partial charge in [0, 0.05) is 0 Å². The summed E-state index contributed by atoms with van der Waals surface area (Å²) >= 11 is 0. The van der Waals surface area contributed by atoms with Crippen LogP contribution < -0.4 is 0 Å². The smallest absolute Gasteiger partial charge is 0.431 e. The largest absolute Gasteiger partial charge is 0.442 e. The van der Waals surface area contributed by atoms with E-state index in [0.717, 1.165) is 10.6 Å². The summed E-state index contributed by atoms with van der Waals surface area (Å²) in [6, 6.07) is 9.45. The predicted molar refractivity (Wildman–Crippen MR) is 75.8 cm³/mol. The van der Waals surface area contributed by atoms with Gasteiger partial charge in [-0.05, 0) is 26.3 Å². The molecule has 0 heterocycles. The molecule has 4 nitrogen and oxygen atoms in total. The van der Waals surface area contributed by atoms with E-state index in [0.29, 0.717) is 0 Å². The first-order valence-electron chi connectivity index (χ1n) is 5.95. The molecule has 0 spiro atoms. The molecule has 100 valence electrons. The van der Waals surface area contributed by atoms with E-state index in [1.54, 1.807) is 27.0 Å². The summed E-state index contributed by atoms with van der Waals surface area (Å²) in [6.07, 6.45) is 6.24. The van der Waals surface area contributed by atoms with Crippen molar-refractivity contribution >= 4 is 12.3 Å². The molecule has 1 aromatic rings. The highest BCUT2D eigenvalue weighted by atomic mass is 16.6. The number of rotatable bonds is 3. The summed E-state index contributed by atoms with van der Waals surface area (Å²) in [6.45, 7) is 5.44. The number of hydrogen-bond donors (Lipinski definition) is 0. The first-order chi connectivity index (χ1) is 8.92. The Labute approximate surface area is 114 Å². The number of ether oxygens (including phenoxy) is 1. The number of nitrogens with zero attached hydrogens (tertiary/aromatic N) is 2. The highest BCUT2D eigenvalue weighted by Gasteiger charge is 2.20. The maximum atomic E-state index is 11.9. The van der Waals surface area contributed by atoms with Crippen molar-refractivity contribution in [3.63, 3.8) is 0 Å². The van der Waals surface area contributed by atoms with Crippen LogP contribution in [-0.2, 0) is 4.74 Å². The summed E-state index contributed by atoms with van der Waals surface area (Å²) in [7, 11) is 0. The van der Waals surface area contributed by atoms with E-state index in [2.05, 4.69) is 11.0 Å². The lowest BCUT2D eigenvalue weighted by Gasteiger charge is -2.23. The summed E-state index contributed by atoms with van der Waals surface area (Å²) in [5.74, 6) is 2.38. The minimum absolute atomic E-state index is 0.0677. The number of terminal acetylenes is 1. The average molecular weight is 258 g/mol. The lowest BCUT2D eigenvalue weighted by Crippen LogP contribution is -2.34. The van der Waals surface area contributed by atoms with Crippen molar-refractivity contribution in [2.75, 3.05) is 6.54 Å². The Hall–Kier alpha value is -2.28. The average Bonchev–Trinajstić information content (AvgIpc) is 2.33. The first kappa shape index (κ1) is 14.8. The molecule has 0 unspecified atom stereocenters. The van der Waals surface area contributed by atoms with Crippen LogP contribution in [0.3, 0.4) is 0 Å². The van der Waals surface area contributed by atoms with Gasteiger partial charge in [0.25, 0.3) is 0 Å². The Bertz CT molecular complexity index is 481. The Morgan fingerprint density at radius 2 is 2.05 bits per heavy atom. The molecule has 0 radical (unpaired) electrons. The molecule has 4 heteroatoms. The van der Waals surface area contributed by atoms with Crippen LogP contribution in [0.15, 0.2) is 35.4 Å². The molecule has 0 aromatic heterocycles. The molecular formula is C15H18N2O2. The van der Waals surface area contributed by atoms with E-state index in [1.807, 2.05) is 30.3 Å². The van der Waals surface area contributed by atoms with Crippen molar-refractivity contribution in [3.8, 4) is 12.3 Å². The second-order valence-electron chi connectivity index (χ2n) is 4.90. The van der Waals surface area contributed by atoms with E-state index < -0.39 is 11.7 Å². The van der Waals surface area contributed by atoms with Gasteiger partial charge >= 0.3 is 6.09 Å². The SMILES string of the molecule is C#CCN(/N=C/c1ccccc1)C(=O)OC(C)(C)C. The molecule has 0 bridgehead atoms. The van der Waals surface area contributed by atoms with Crippen LogP contribution >= 0.6 is 0 Å². The van der Waals surface area contributed by atoms with Crippen molar-refractivity contribution in [3.05, 3.63) is 35.9 Å². The topological polar surface area (TPSA) is 41.9 Å². The van der Waals surface area contributed by atoms with Gasteiger partial charge in [0.05, 0.1) is 6.21 Å². The second-order valence-corrected chi connectivity index (χ2v) is 4.90. The zero-order valence-corrected chi connectivity index (χ0v) is 11.5. The van der Waals surface area contributed by atoms with E-state index in [-0.39, 0.29) is 6.54 Å². The molecule has 0 fully saturated rings. The van der Waals surface area contributed by atoms with Crippen LogP contribution in [0.1, 0.15) is 26.3 Å². The second kappa shape index (κ2) is 6.60. The van der Waals surface area contributed by atoms with Gasteiger partial charge in [-0.3, -0.25) is 0 Å². The number of carbonyl (C=O) groups excluding carboxylic acids is 1. The molecule has 0 N–H and O–H groups in total.